The minimum atomic E-state index is -0.167. The summed E-state index contributed by atoms with van der Waals surface area (Å²) in [5, 5.41) is 7.76. The van der Waals surface area contributed by atoms with Gasteiger partial charge in [0, 0.05) is 18.0 Å². The van der Waals surface area contributed by atoms with E-state index in [0.29, 0.717) is 19.0 Å². The number of anilines is 1. The van der Waals surface area contributed by atoms with Gasteiger partial charge in [0.15, 0.2) is 0 Å². The van der Waals surface area contributed by atoms with Gasteiger partial charge in [0.1, 0.15) is 5.82 Å². The van der Waals surface area contributed by atoms with Gasteiger partial charge >= 0.3 is 5.97 Å². The van der Waals surface area contributed by atoms with Gasteiger partial charge in [-0.2, -0.15) is 5.10 Å². The van der Waals surface area contributed by atoms with E-state index in [1.165, 1.54) is 0 Å². The van der Waals surface area contributed by atoms with Crippen molar-refractivity contribution in [1.82, 2.24) is 14.7 Å². The maximum atomic E-state index is 12.8. The Balaban J connectivity index is 1.72. The van der Waals surface area contributed by atoms with Crippen LogP contribution in [0.25, 0.3) is 5.69 Å². The van der Waals surface area contributed by atoms with E-state index < -0.39 is 0 Å². The number of likely N-dealkylation sites (tertiary alicyclic amines) is 1. The van der Waals surface area contributed by atoms with Gasteiger partial charge in [0.05, 0.1) is 30.5 Å². The zero-order valence-corrected chi connectivity index (χ0v) is 18.4. The standard InChI is InChI=1S/C23H32N4O3/c1-5-30-22(29)17-10-9-13-26(15-17)16-21(28)24-20-14-19(23(2,3)4)25-27(20)18-11-7-6-8-12-18/h6-8,11-12,14,17H,5,9-10,13,15-16H2,1-4H3,(H,24,28). The van der Waals surface area contributed by atoms with Crippen LogP contribution in [0.5, 0.6) is 0 Å². The molecule has 1 aliphatic rings. The number of aromatic nitrogens is 2. The second-order valence-corrected chi connectivity index (χ2v) is 8.79. The molecule has 1 aromatic heterocycles. The second kappa shape index (κ2) is 9.43. The van der Waals surface area contributed by atoms with Gasteiger partial charge < -0.3 is 10.1 Å². The van der Waals surface area contributed by atoms with Gasteiger partial charge in [-0.3, -0.25) is 14.5 Å². The number of esters is 1. The van der Waals surface area contributed by atoms with Crippen molar-refractivity contribution in [3.05, 3.63) is 42.1 Å². The number of carbonyl (C=O) groups excluding carboxylic acids is 2. The highest BCUT2D eigenvalue weighted by Gasteiger charge is 2.28. The van der Waals surface area contributed by atoms with E-state index in [1.807, 2.05) is 48.2 Å². The number of para-hydroxylation sites is 1. The first-order valence-corrected chi connectivity index (χ1v) is 10.6. The van der Waals surface area contributed by atoms with Crippen LogP contribution in [0.2, 0.25) is 0 Å². The summed E-state index contributed by atoms with van der Waals surface area (Å²) in [4.78, 5) is 26.9. The highest BCUT2D eigenvalue weighted by molar-refractivity contribution is 5.92. The fourth-order valence-electron chi connectivity index (χ4n) is 3.64. The second-order valence-electron chi connectivity index (χ2n) is 8.79. The van der Waals surface area contributed by atoms with E-state index in [4.69, 9.17) is 9.84 Å². The van der Waals surface area contributed by atoms with E-state index in [-0.39, 0.29) is 29.8 Å². The number of hydrogen-bond donors (Lipinski definition) is 1. The smallest absolute Gasteiger partial charge is 0.310 e. The molecule has 7 nitrogen and oxygen atoms in total. The fourth-order valence-corrected chi connectivity index (χ4v) is 3.64. The Bertz CT molecular complexity index is 870. The molecule has 1 aromatic carbocycles. The molecule has 3 rings (SSSR count). The summed E-state index contributed by atoms with van der Waals surface area (Å²) < 4.78 is 6.93. The van der Waals surface area contributed by atoms with E-state index >= 15 is 0 Å². The van der Waals surface area contributed by atoms with Crippen LogP contribution < -0.4 is 5.32 Å². The third-order valence-corrected chi connectivity index (χ3v) is 5.24. The molecule has 1 unspecified atom stereocenters. The van der Waals surface area contributed by atoms with Crippen molar-refractivity contribution >= 4 is 17.7 Å². The molecule has 1 amide bonds. The van der Waals surface area contributed by atoms with Crippen LogP contribution in [0.3, 0.4) is 0 Å². The summed E-state index contributed by atoms with van der Waals surface area (Å²) in [6.45, 7) is 10.1. The maximum Gasteiger partial charge on any atom is 0.310 e. The molecule has 0 radical (unpaired) electrons. The number of carbonyl (C=O) groups is 2. The number of hydrogen-bond acceptors (Lipinski definition) is 5. The van der Waals surface area contributed by atoms with Crippen molar-refractivity contribution in [3.63, 3.8) is 0 Å². The Labute approximate surface area is 178 Å². The zero-order chi connectivity index (χ0) is 21.7. The summed E-state index contributed by atoms with van der Waals surface area (Å²) in [5.74, 6) is 0.209. The van der Waals surface area contributed by atoms with Crippen LogP contribution in [0.1, 0.15) is 46.2 Å². The van der Waals surface area contributed by atoms with Gasteiger partial charge in [-0.05, 0) is 38.4 Å². The minimum absolute atomic E-state index is 0.114. The number of ether oxygens (including phenoxy) is 1. The maximum absolute atomic E-state index is 12.8. The molecule has 0 bridgehead atoms. The summed E-state index contributed by atoms with van der Waals surface area (Å²) in [6, 6.07) is 11.7. The lowest BCUT2D eigenvalue weighted by Crippen LogP contribution is -2.43. The molecule has 2 heterocycles. The molecule has 1 aliphatic heterocycles. The van der Waals surface area contributed by atoms with Crippen LogP contribution >= 0.6 is 0 Å². The Morgan fingerprint density at radius 3 is 2.63 bits per heavy atom. The predicted octanol–water partition coefficient (Wildman–Crippen LogP) is 3.38. The molecule has 0 aliphatic carbocycles. The Morgan fingerprint density at radius 2 is 1.97 bits per heavy atom. The Kier molecular flexibility index (Phi) is 6.92. The molecule has 1 atom stereocenters. The quantitative estimate of drug-likeness (QED) is 0.736. The lowest BCUT2D eigenvalue weighted by molar-refractivity contribution is -0.150. The average Bonchev–Trinajstić information content (AvgIpc) is 3.13. The number of nitrogens with zero attached hydrogens (tertiary/aromatic N) is 3. The van der Waals surface area contributed by atoms with Crippen molar-refractivity contribution in [2.45, 2.75) is 46.0 Å². The largest absolute Gasteiger partial charge is 0.466 e. The third-order valence-electron chi connectivity index (χ3n) is 5.24. The lowest BCUT2D eigenvalue weighted by Gasteiger charge is -2.30. The molecule has 7 heteroatoms. The molecule has 0 spiro atoms. The summed E-state index contributed by atoms with van der Waals surface area (Å²) in [6.07, 6.45) is 1.69. The van der Waals surface area contributed by atoms with E-state index in [2.05, 4.69) is 26.1 Å². The molecule has 1 fully saturated rings. The third kappa shape index (κ3) is 5.48. The Hall–Kier alpha value is -2.67. The first-order chi connectivity index (χ1) is 14.3. The summed E-state index contributed by atoms with van der Waals surface area (Å²) in [5.41, 5.74) is 1.66. The van der Waals surface area contributed by atoms with Gasteiger partial charge in [-0.15, -0.1) is 0 Å². The molecular weight excluding hydrogens is 380 g/mol. The molecule has 1 saturated heterocycles. The first kappa shape index (κ1) is 22.0. The average molecular weight is 413 g/mol. The van der Waals surface area contributed by atoms with Gasteiger partial charge in [0.25, 0.3) is 0 Å². The van der Waals surface area contributed by atoms with E-state index in [0.717, 1.165) is 30.8 Å². The summed E-state index contributed by atoms with van der Waals surface area (Å²) in [7, 11) is 0. The predicted molar refractivity (Wildman–Crippen MR) is 117 cm³/mol. The van der Waals surface area contributed by atoms with Gasteiger partial charge in [-0.1, -0.05) is 39.0 Å². The van der Waals surface area contributed by atoms with Crippen molar-refractivity contribution in [3.8, 4) is 5.69 Å². The molecule has 30 heavy (non-hydrogen) atoms. The number of amides is 1. The van der Waals surface area contributed by atoms with Gasteiger partial charge in [-0.25, -0.2) is 4.68 Å². The number of piperidine rings is 1. The van der Waals surface area contributed by atoms with Gasteiger partial charge in [0.2, 0.25) is 5.91 Å². The van der Waals surface area contributed by atoms with Crippen LogP contribution in [0.4, 0.5) is 5.82 Å². The SMILES string of the molecule is CCOC(=O)C1CCCN(CC(=O)Nc2cc(C(C)(C)C)nn2-c2ccccc2)C1. The number of nitrogens with one attached hydrogen (secondary N) is 1. The first-order valence-electron chi connectivity index (χ1n) is 10.6. The molecular formula is C23H32N4O3. The van der Waals surface area contributed by atoms with Crippen molar-refractivity contribution in [2.75, 3.05) is 31.6 Å². The van der Waals surface area contributed by atoms with Crippen LogP contribution in [-0.4, -0.2) is 52.8 Å². The summed E-state index contributed by atoms with van der Waals surface area (Å²) >= 11 is 0. The minimum Gasteiger partial charge on any atom is -0.466 e. The van der Waals surface area contributed by atoms with Crippen molar-refractivity contribution in [1.29, 1.82) is 0 Å². The molecule has 0 saturated carbocycles. The Morgan fingerprint density at radius 1 is 1.23 bits per heavy atom. The topological polar surface area (TPSA) is 76.5 Å². The zero-order valence-electron chi connectivity index (χ0n) is 18.4. The molecule has 2 aromatic rings. The van der Waals surface area contributed by atoms with Crippen molar-refractivity contribution < 1.29 is 14.3 Å². The van der Waals surface area contributed by atoms with Crippen molar-refractivity contribution in [2.24, 2.45) is 5.92 Å². The highest BCUT2D eigenvalue weighted by Crippen LogP contribution is 2.26. The fraction of sp³-hybridized carbons (Fsp3) is 0.522. The van der Waals surface area contributed by atoms with Crippen LogP contribution in [0, 0.1) is 5.92 Å². The number of rotatable bonds is 6. The highest BCUT2D eigenvalue weighted by atomic mass is 16.5. The molecule has 1 N–H and O–H groups in total. The van der Waals surface area contributed by atoms with Crippen LogP contribution in [-0.2, 0) is 19.7 Å². The van der Waals surface area contributed by atoms with E-state index in [1.54, 1.807) is 4.68 Å². The molecule has 162 valence electrons. The van der Waals surface area contributed by atoms with E-state index in [9.17, 15) is 9.59 Å². The number of benzene rings is 1. The normalized spacial score (nSPS) is 17.5. The van der Waals surface area contributed by atoms with Crippen LogP contribution in [0.15, 0.2) is 36.4 Å². The monoisotopic (exact) mass is 412 g/mol. The lowest BCUT2D eigenvalue weighted by atomic mass is 9.92.